The van der Waals surface area contributed by atoms with Crippen LogP contribution in [0.25, 0.3) is 22.3 Å². The predicted molar refractivity (Wildman–Crippen MR) is 136 cm³/mol. The number of nitrogens with one attached hydrogen (secondary N) is 1. The van der Waals surface area contributed by atoms with Crippen LogP contribution in [0.3, 0.4) is 0 Å². The highest BCUT2D eigenvalue weighted by Crippen LogP contribution is 2.25. The summed E-state index contributed by atoms with van der Waals surface area (Å²) in [6, 6.07) is 10.5. The number of hydrogen-bond acceptors (Lipinski definition) is 5. The number of aromatic nitrogens is 2. The van der Waals surface area contributed by atoms with E-state index in [2.05, 4.69) is 16.9 Å². The van der Waals surface area contributed by atoms with E-state index in [1.807, 2.05) is 38.1 Å². The lowest BCUT2D eigenvalue weighted by Crippen LogP contribution is -2.73. The smallest absolute Gasteiger partial charge is 0.256 e. The molecule has 0 unspecified atom stereocenters. The lowest BCUT2D eigenvalue weighted by molar-refractivity contribution is -0.837. The summed E-state index contributed by atoms with van der Waals surface area (Å²) < 4.78 is 1.70. The molecule has 2 heterocycles. The van der Waals surface area contributed by atoms with Crippen molar-refractivity contribution in [1.29, 1.82) is 0 Å². The van der Waals surface area contributed by atoms with E-state index in [-0.39, 0.29) is 11.6 Å². The van der Waals surface area contributed by atoms with E-state index in [0.29, 0.717) is 27.9 Å². The van der Waals surface area contributed by atoms with Crippen LogP contribution in [-0.4, -0.2) is 37.4 Å². The van der Waals surface area contributed by atoms with Crippen molar-refractivity contribution in [2.24, 2.45) is 0 Å². The Morgan fingerprint density at radius 3 is 2.63 bits per heavy atom. The number of hydroxylamine groups is 1. The van der Waals surface area contributed by atoms with E-state index >= 15 is 0 Å². The van der Waals surface area contributed by atoms with Gasteiger partial charge in [0.15, 0.2) is 0 Å². The third-order valence-electron chi connectivity index (χ3n) is 5.38. The summed E-state index contributed by atoms with van der Waals surface area (Å²) >= 11 is 0. The first-order valence-corrected chi connectivity index (χ1v) is 11.2. The molecule has 1 aromatic carbocycles. The second-order valence-electron chi connectivity index (χ2n) is 8.93. The number of pyridine rings is 2. The van der Waals surface area contributed by atoms with E-state index < -0.39 is 16.9 Å². The Hall–Kier alpha value is -3.85. The zero-order valence-corrected chi connectivity index (χ0v) is 20.3. The SMILES string of the molecule is C=C/C(=C\C(=C/[NH2+]O)c1cccc(-n2cc(C(=O)NC(C)C)c(=O)c3cccnc32)c1)C(C)(C)O. The number of benzene rings is 1. The van der Waals surface area contributed by atoms with E-state index in [1.54, 1.807) is 48.9 Å². The van der Waals surface area contributed by atoms with Crippen LogP contribution in [0.5, 0.6) is 0 Å². The number of rotatable bonds is 8. The van der Waals surface area contributed by atoms with Crippen LogP contribution in [0.4, 0.5) is 0 Å². The Morgan fingerprint density at radius 2 is 2.00 bits per heavy atom. The van der Waals surface area contributed by atoms with Gasteiger partial charge in [0.05, 0.1) is 11.0 Å². The lowest BCUT2D eigenvalue weighted by atomic mass is 9.94. The zero-order chi connectivity index (χ0) is 25.8. The fourth-order valence-corrected chi connectivity index (χ4v) is 3.65. The van der Waals surface area contributed by atoms with Gasteiger partial charge in [0.25, 0.3) is 5.91 Å². The Kier molecular flexibility index (Phi) is 7.81. The largest absolute Gasteiger partial charge is 0.386 e. The number of carbonyl (C=O) groups excluding carboxylic acids is 1. The Labute approximate surface area is 203 Å². The average molecular weight is 476 g/mol. The summed E-state index contributed by atoms with van der Waals surface area (Å²) in [4.78, 5) is 30.2. The summed E-state index contributed by atoms with van der Waals surface area (Å²) in [5, 5.41) is 23.0. The molecule has 0 aliphatic carbocycles. The highest BCUT2D eigenvalue weighted by Gasteiger charge is 2.19. The van der Waals surface area contributed by atoms with Crippen LogP contribution >= 0.6 is 0 Å². The second kappa shape index (κ2) is 10.6. The van der Waals surface area contributed by atoms with Crippen molar-refractivity contribution in [3.63, 3.8) is 0 Å². The van der Waals surface area contributed by atoms with Crippen LogP contribution < -0.4 is 16.2 Å². The molecule has 3 aromatic rings. The molecule has 0 fully saturated rings. The summed E-state index contributed by atoms with van der Waals surface area (Å²) in [5.41, 5.74) is 2.41. The highest BCUT2D eigenvalue weighted by atomic mass is 16.5. The second-order valence-corrected chi connectivity index (χ2v) is 8.93. The topological polar surface area (TPSA) is 121 Å². The minimum absolute atomic E-state index is 0.0138. The van der Waals surface area contributed by atoms with E-state index in [4.69, 9.17) is 0 Å². The fraction of sp³-hybridized carbons (Fsp3) is 0.222. The van der Waals surface area contributed by atoms with Gasteiger partial charge in [0.1, 0.15) is 17.4 Å². The molecular weight excluding hydrogens is 444 g/mol. The Balaban J connectivity index is 2.24. The van der Waals surface area contributed by atoms with Crippen molar-refractivity contribution in [3.8, 4) is 5.69 Å². The molecule has 1 amide bonds. The molecule has 0 aliphatic rings. The molecule has 0 spiro atoms. The molecule has 0 atom stereocenters. The van der Waals surface area contributed by atoms with Crippen LogP contribution in [0.15, 0.2) is 84.1 Å². The molecule has 0 bridgehead atoms. The number of nitrogens with two attached hydrogens (primary N) is 1. The molecule has 0 radical (unpaired) electrons. The van der Waals surface area contributed by atoms with E-state index in [9.17, 15) is 19.9 Å². The molecule has 182 valence electrons. The third-order valence-corrected chi connectivity index (χ3v) is 5.38. The summed E-state index contributed by atoms with van der Waals surface area (Å²) in [5.74, 6) is -0.458. The van der Waals surface area contributed by atoms with Crippen LogP contribution in [0, 0.1) is 0 Å². The van der Waals surface area contributed by atoms with Gasteiger partial charge < -0.3 is 15.0 Å². The van der Waals surface area contributed by atoms with E-state index in [1.165, 1.54) is 12.4 Å². The normalized spacial score (nSPS) is 12.8. The summed E-state index contributed by atoms with van der Waals surface area (Å²) in [6.45, 7) is 10.7. The first-order valence-electron chi connectivity index (χ1n) is 11.2. The first-order chi connectivity index (χ1) is 16.6. The first kappa shape index (κ1) is 25.8. The molecule has 0 saturated heterocycles. The molecule has 0 saturated carbocycles. The van der Waals surface area contributed by atoms with Crippen molar-refractivity contribution in [1.82, 2.24) is 14.9 Å². The molecule has 3 rings (SSSR count). The van der Waals surface area contributed by atoms with Gasteiger partial charge in [-0.2, -0.15) is 5.48 Å². The number of aliphatic hydroxyl groups is 1. The van der Waals surface area contributed by atoms with Crippen molar-refractivity contribution in [2.75, 3.05) is 0 Å². The minimum atomic E-state index is -1.13. The number of fused-ring (bicyclic) bond motifs is 1. The number of amides is 1. The molecular formula is C27H31N4O4+. The van der Waals surface area contributed by atoms with Crippen LogP contribution in [0.2, 0.25) is 0 Å². The summed E-state index contributed by atoms with van der Waals surface area (Å²) in [6.07, 6.45) is 7.90. The molecule has 8 heteroatoms. The lowest BCUT2D eigenvalue weighted by Gasteiger charge is -2.19. The average Bonchev–Trinajstić information content (AvgIpc) is 2.81. The predicted octanol–water partition coefficient (Wildman–Crippen LogP) is 2.70. The quantitative estimate of drug-likeness (QED) is 0.295. The van der Waals surface area contributed by atoms with Gasteiger partial charge in [-0.3, -0.25) is 9.59 Å². The number of quaternary nitrogens is 1. The van der Waals surface area contributed by atoms with Gasteiger partial charge in [-0.05, 0) is 69.2 Å². The van der Waals surface area contributed by atoms with Crippen LogP contribution in [0.1, 0.15) is 43.6 Å². The molecule has 2 aromatic heterocycles. The maximum absolute atomic E-state index is 13.0. The van der Waals surface area contributed by atoms with Crippen molar-refractivity contribution >= 4 is 22.5 Å². The highest BCUT2D eigenvalue weighted by molar-refractivity contribution is 5.97. The molecule has 8 nitrogen and oxygen atoms in total. The fourth-order valence-electron chi connectivity index (χ4n) is 3.65. The van der Waals surface area contributed by atoms with Gasteiger partial charge in [0, 0.05) is 29.7 Å². The maximum Gasteiger partial charge on any atom is 0.256 e. The minimum Gasteiger partial charge on any atom is -0.386 e. The standard InChI is InChI=1S/C27H30N4O4/c1-6-20(27(4,5)34)13-19(15-29-35)18-9-7-10-21(14-18)31-16-23(26(33)30-17(2)3)24(32)22-11-8-12-28-25(22)31/h6-17,29,34-35H,1H2,2-5H3,(H,30,33)/p+1/b19-15+,20-13+. The van der Waals surface area contributed by atoms with Crippen molar-refractivity contribution < 1.29 is 20.6 Å². The van der Waals surface area contributed by atoms with Gasteiger partial charge in [0.2, 0.25) is 5.43 Å². The third kappa shape index (κ3) is 5.81. The van der Waals surface area contributed by atoms with Gasteiger partial charge in [-0.25, -0.2) is 10.2 Å². The zero-order valence-electron chi connectivity index (χ0n) is 20.3. The monoisotopic (exact) mass is 475 g/mol. The Bertz CT molecular complexity index is 1380. The van der Waals surface area contributed by atoms with Gasteiger partial charge >= 0.3 is 0 Å². The van der Waals surface area contributed by atoms with Crippen LogP contribution in [-0.2, 0) is 0 Å². The number of hydrogen-bond donors (Lipinski definition) is 4. The molecule has 5 N–H and O–H groups in total. The van der Waals surface area contributed by atoms with Gasteiger partial charge in [-0.1, -0.05) is 24.8 Å². The van der Waals surface area contributed by atoms with Gasteiger partial charge in [-0.15, -0.1) is 0 Å². The molecule has 35 heavy (non-hydrogen) atoms. The number of allylic oxidation sites excluding steroid dienone is 2. The summed E-state index contributed by atoms with van der Waals surface area (Å²) in [7, 11) is 0. The van der Waals surface area contributed by atoms with Crippen molar-refractivity contribution in [2.45, 2.75) is 39.3 Å². The van der Waals surface area contributed by atoms with Crippen molar-refractivity contribution in [3.05, 3.63) is 101 Å². The number of nitrogens with zero attached hydrogens (tertiary/aromatic N) is 2. The molecule has 0 aliphatic heterocycles. The number of carbonyl (C=O) groups is 1. The maximum atomic E-state index is 13.0. The Morgan fingerprint density at radius 1 is 1.26 bits per heavy atom. The van der Waals surface area contributed by atoms with E-state index in [0.717, 1.165) is 11.0 Å².